The van der Waals surface area contributed by atoms with Gasteiger partial charge < -0.3 is 15.6 Å². The predicted molar refractivity (Wildman–Crippen MR) is 121 cm³/mol. The average molecular weight is 477 g/mol. The Bertz CT molecular complexity index is 1200. The van der Waals surface area contributed by atoms with Crippen molar-refractivity contribution >= 4 is 52.0 Å². The summed E-state index contributed by atoms with van der Waals surface area (Å²) in [6.07, 6.45) is 6.23. The van der Waals surface area contributed by atoms with E-state index in [2.05, 4.69) is 35.6 Å². The standard InChI is InChI=1S/C18H14Cl2N8O2S/c19-12-7-13(20)31-16(12)15-11(17-22-4-5-23-17)9-26-18(27-15)24-6-3-21-14-2-1-10(8-25-14)28(29)30/h1-2,4-5,7-9H,3,6H2,(H,21,25)(H,22,23)(H,24,26,27). The van der Waals surface area contributed by atoms with Gasteiger partial charge >= 0.3 is 0 Å². The van der Waals surface area contributed by atoms with Gasteiger partial charge in [-0.2, -0.15) is 0 Å². The molecular formula is C18H14Cl2N8O2S. The molecule has 31 heavy (non-hydrogen) atoms. The number of nitrogens with zero attached hydrogens (tertiary/aromatic N) is 5. The number of anilines is 2. The molecule has 0 saturated heterocycles. The Labute approximate surface area is 189 Å². The average Bonchev–Trinajstić information content (AvgIpc) is 3.41. The fourth-order valence-corrected chi connectivity index (χ4v) is 4.25. The van der Waals surface area contributed by atoms with Gasteiger partial charge in [0.15, 0.2) is 0 Å². The van der Waals surface area contributed by atoms with E-state index in [4.69, 9.17) is 23.2 Å². The highest BCUT2D eigenvalue weighted by Crippen LogP contribution is 2.41. The van der Waals surface area contributed by atoms with Crippen LogP contribution in [-0.4, -0.2) is 42.9 Å². The molecule has 0 amide bonds. The summed E-state index contributed by atoms with van der Waals surface area (Å²) in [6, 6.07) is 4.61. The highest BCUT2D eigenvalue weighted by Gasteiger charge is 2.18. The van der Waals surface area contributed by atoms with Crippen molar-refractivity contribution in [2.45, 2.75) is 0 Å². The molecule has 0 atom stereocenters. The lowest BCUT2D eigenvalue weighted by Crippen LogP contribution is -2.16. The number of aromatic amines is 1. The second-order valence-corrected chi connectivity index (χ2v) is 8.22. The first-order chi connectivity index (χ1) is 15.0. The number of pyridine rings is 1. The molecule has 158 valence electrons. The van der Waals surface area contributed by atoms with Crippen molar-refractivity contribution in [3.8, 4) is 22.0 Å². The molecule has 0 aromatic carbocycles. The molecule has 13 heteroatoms. The minimum absolute atomic E-state index is 0.0615. The third-order valence-corrected chi connectivity index (χ3v) is 5.77. The number of aromatic nitrogens is 5. The molecule has 0 aliphatic heterocycles. The van der Waals surface area contributed by atoms with Crippen molar-refractivity contribution in [1.29, 1.82) is 0 Å². The monoisotopic (exact) mass is 476 g/mol. The summed E-state index contributed by atoms with van der Waals surface area (Å²) in [6.45, 7) is 0.978. The van der Waals surface area contributed by atoms with Crippen molar-refractivity contribution in [2.75, 3.05) is 23.7 Å². The second kappa shape index (κ2) is 9.25. The normalized spacial score (nSPS) is 10.8. The molecule has 0 aliphatic rings. The Balaban J connectivity index is 1.47. The van der Waals surface area contributed by atoms with E-state index < -0.39 is 4.92 Å². The fraction of sp³-hybridized carbons (Fsp3) is 0.111. The van der Waals surface area contributed by atoms with Gasteiger partial charge in [-0.3, -0.25) is 10.1 Å². The van der Waals surface area contributed by atoms with Crippen molar-refractivity contribution in [3.63, 3.8) is 0 Å². The van der Waals surface area contributed by atoms with Crippen LogP contribution < -0.4 is 10.6 Å². The molecule has 0 aliphatic carbocycles. The summed E-state index contributed by atoms with van der Waals surface area (Å²) in [4.78, 5) is 31.2. The van der Waals surface area contributed by atoms with Crippen LogP contribution in [0, 0.1) is 10.1 Å². The number of H-pyrrole nitrogens is 1. The molecule has 0 radical (unpaired) electrons. The van der Waals surface area contributed by atoms with Crippen molar-refractivity contribution in [1.82, 2.24) is 24.9 Å². The number of rotatable bonds is 8. The zero-order chi connectivity index (χ0) is 21.8. The van der Waals surface area contributed by atoms with Gasteiger partial charge in [0.2, 0.25) is 5.95 Å². The lowest BCUT2D eigenvalue weighted by molar-refractivity contribution is -0.385. The molecule has 0 unspecified atom stereocenters. The zero-order valence-electron chi connectivity index (χ0n) is 15.7. The highest BCUT2D eigenvalue weighted by atomic mass is 35.5. The first kappa shape index (κ1) is 21.0. The number of nitro groups is 1. The topological polar surface area (TPSA) is 135 Å². The van der Waals surface area contributed by atoms with Crippen LogP contribution in [0.1, 0.15) is 0 Å². The second-order valence-electron chi connectivity index (χ2n) is 6.13. The Morgan fingerprint density at radius 1 is 1.13 bits per heavy atom. The van der Waals surface area contributed by atoms with E-state index in [1.807, 2.05) is 0 Å². The van der Waals surface area contributed by atoms with Gasteiger partial charge in [0.05, 0.1) is 30.4 Å². The van der Waals surface area contributed by atoms with Crippen LogP contribution in [0.15, 0.2) is 43.0 Å². The van der Waals surface area contributed by atoms with E-state index in [1.165, 1.54) is 23.6 Å². The minimum atomic E-state index is -0.493. The van der Waals surface area contributed by atoms with Crippen molar-refractivity contribution in [3.05, 3.63) is 62.5 Å². The first-order valence-electron chi connectivity index (χ1n) is 8.91. The number of nitrogens with one attached hydrogen (secondary N) is 3. The van der Waals surface area contributed by atoms with Crippen LogP contribution in [0.25, 0.3) is 22.0 Å². The molecule has 4 rings (SSSR count). The zero-order valence-corrected chi connectivity index (χ0v) is 18.0. The van der Waals surface area contributed by atoms with E-state index in [0.717, 1.165) is 4.88 Å². The molecule has 10 nitrogen and oxygen atoms in total. The van der Waals surface area contributed by atoms with Crippen LogP contribution in [0.3, 0.4) is 0 Å². The molecule has 4 aromatic rings. The van der Waals surface area contributed by atoms with E-state index in [0.29, 0.717) is 51.3 Å². The summed E-state index contributed by atoms with van der Waals surface area (Å²) >= 11 is 13.8. The van der Waals surface area contributed by atoms with Crippen LogP contribution in [0.2, 0.25) is 9.36 Å². The van der Waals surface area contributed by atoms with Crippen LogP contribution >= 0.6 is 34.5 Å². The summed E-state index contributed by atoms with van der Waals surface area (Å²) in [5.41, 5.74) is 1.25. The highest BCUT2D eigenvalue weighted by molar-refractivity contribution is 7.20. The molecule has 0 spiro atoms. The predicted octanol–water partition coefficient (Wildman–Crippen LogP) is 4.73. The maximum atomic E-state index is 10.7. The van der Waals surface area contributed by atoms with Gasteiger partial charge in [-0.1, -0.05) is 23.2 Å². The lowest BCUT2D eigenvalue weighted by atomic mass is 10.2. The van der Waals surface area contributed by atoms with E-state index in [-0.39, 0.29) is 5.69 Å². The van der Waals surface area contributed by atoms with Crippen molar-refractivity contribution < 1.29 is 4.92 Å². The molecule has 0 bridgehead atoms. The third kappa shape index (κ3) is 4.90. The van der Waals surface area contributed by atoms with E-state index >= 15 is 0 Å². The molecule has 3 N–H and O–H groups in total. The smallest absolute Gasteiger partial charge is 0.287 e. The van der Waals surface area contributed by atoms with E-state index in [9.17, 15) is 10.1 Å². The summed E-state index contributed by atoms with van der Waals surface area (Å²) in [5.74, 6) is 1.56. The van der Waals surface area contributed by atoms with Crippen molar-refractivity contribution in [2.24, 2.45) is 0 Å². The van der Waals surface area contributed by atoms with Crippen LogP contribution in [-0.2, 0) is 0 Å². The fourth-order valence-electron chi connectivity index (χ4n) is 2.69. The molecule has 0 saturated carbocycles. The molecule has 4 aromatic heterocycles. The maximum Gasteiger partial charge on any atom is 0.287 e. The molecule has 4 heterocycles. The quantitative estimate of drug-likeness (QED) is 0.188. The number of hydrogen-bond donors (Lipinski definition) is 3. The third-order valence-electron chi connectivity index (χ3n) is 4.09. The largest absolute Gasteiger partial charge is 0.368 e. The van der Waals surface area contributed by atoms with Gasteiger partial charge in [0, 0.05) is 37.7 Å². The number of imidazole rings is 1. The lowest BCUT2D eigenvalue weighted by Gasteiger charge is -2.10. The Hall–Kier alpha value is -3.28. The van der Waals surface area contributed by atoms with Crippen LogP contribution in [0.4, 0.5) is 17.5 Å². The molecular weight excluding hydrogens is 463 g/mol. The van der Waals surface area contributed by atoms with Gasteiger partial charge in [-0.05, 0) is 12.1 Å². The maximum absolute atomic E-state index is 10.7. The first-order valence-corrected chi connectivity index (χ1v) is 10.5. The number of halogens is 2. The number of hydrogen-bond acceptors (Lipinski definition) is 9. The van der Waals surface area contributed by atoms with Gasteiger partial charge in [0.25, 0.3) is 5.69 Å². The Kier molecular flexibility index (Phi) is 6.26. The van der Waals surface area contributed by atoms with E-state index in [1.54, 1.807) is 30.7 Å². The molecule has 0 fully saturated rings. The minimum Gasteiger partial charge on any atom is -0.368 e. The van der Waals surface area contributed by atoms with Gasteiger partial charge in [-0.25, -0.2) is 19.9 Å². The van der Waals surface area contributed by atoms with Gasteiger partial charge in [-0.15, -0.1) is 11.3 Å². The Morgan fingerprint density at radius 2 is 1.97 bits per heavy atom. The number of thiophene rings is 1. The SMILES string of the molecule is O=[N+]([O-])c1ccc(NCCNc2ncc(-c3ncc[nH]3)c(-c3sc(Cl)cc3Cl)n2)nc1. The summed E-state index contributed by atoms with van der Waals surface area (Å²) in [5, 5.41) is 17.4. The summed E-state index contributed by atoms with van der Waals surface area (Å²) < 4.78 is 0.554. The Morgan fingerprint density at radius 3 is 2.61 bits per heavy atom. The van der Waals surface area contributed by atoms with Gasteiger partial charge in [0.1, 0.15) is 17.8 Å². The van der Waals surface area contributed by atoms with Crippen LogP contribution in [0.5, 0.6) is 0 Å². The summed E-state index contributed by atoms with van der Waals surface area (Å²) in [7, 11) is 0.